The molecule has 1 aliphatic carbocycles. The fourth-order valence-corrected chi connectivity index (χ4v) is 2.76. The number of phenols is 2. The first-order chi connectivity index (χ1) is 11.4. The molecule has 0 saturated heterocycles. The summed E-state index contributed by atoms with van der Waals surface area (Å²) in [7, 11) is -3.14. The standard InChI is InChI=1S/C16H11O7P/c17-11-3-1-2-9-13(11)16(20)14-10(15(9)19)6-8(7-12(14)18)4-5-23-24(21)22/h1-7,17-18,24H,(H,21,22). The van der Waals surface area contributed by atoms with Gasteiger partial charge in [-0.3, -0.25) is 9.59 Å². The quantitative estimate of drug-likeness (QED) is 0.491. The van der Waals surface area contributed by atoms with Crippen molar-refractivity contribution in [1.82, 2.24) is 0 Å². The van der Waals surface area contributed by atoms with E-state index in [1.165, 1.54) is 36.4 Å². The SMILES string of the molecule is O=C1c2cccc(O)c2C(=O)c2c(O)cc(C=CO[PH](=O)O)cc21. The topological polar surface area (TPSA) is 121 Å². The van der Waals surface area contributed by atoms with Crippen LogP contribution in [-0.2, 0) is 9.09 Å². The third-order valence-electron chi connectivity index (χ3n) is 3.56. The van der Waals surface area contributed by atoms with Crippen molar-refractivity contribution >= 4 is 25.9 Å². The maximum atomic E-state index is 12.6. The van der Waals surface area contributed by atoms with Crippen LogP contribution in [0.4, 0.5) is 0 Å². The Balaban J connectivity index is 2.13. The van der Waals surface area contributed by atoms with Crippen LogP contribution in [0.3, 0.4) is 0 Å². The summed E-state index contributed by atoms with van der Waals surface area (Å²) in [6, 6.07) is 6.72. The number of carbonyl (C=O) groups excluding carboxylic acids is 2. The first-order valence-corrected chi connectivity index (χ1v) is 8.01. The van der Waals surface area contributed by atoms with E-state index in [-0.39, 0.29) is 28.0 Å². The number of hydrogen-bond acceptors (Lipinski definition) is 6. The molecule has 0 saturated carbocycles. The highest BCUT2D eigenvalue weighted by Gasteiger charge is 2.34. The van der Waals surface area contributed by atoms with Crippen LogP contribution in [0, 0.1) is 0 Å². The molecule has 3 N–H and O–H groups in total. The molecule has 0 heterocycles. The molecule has 0 radical (unpaired) electrons. The molecule has 1 atom stereocenters. The highest BCUT2D eigenvalue weighted by Crippen LogP contribution is 2.37. The summed E-state index contributed by atoms with van der Waals surface area (Å²) in [4.78, 5) is 33.7. The molecule has 8 heteroatoms. The largest absolute Gasteiger partial charge is 0.507 e. The van der Waals surface area contributed by atoms with E-state index in [2.05, 4.69) is 4.52 Å². The van der Waals surface area contributed by atoms with Crippen molar-refractivity contribution in [2.75, 3.05) is 0 Å². The van der Waals surface area contributed by atoms with E-state index in [9.17, 15) is 24.4 Å². The third kappa shape index (κ3) is 2.60. The molecule has 0 bridgehead atoms. The summed E-state index contributed by atoms with van der Waals surface area (Å²) in [5, 5.41) is 20.0. The third-order valence-corrected chi connectivity index (χ3v) is 3.89. The summed E-state index contributed by atoms with van der Waals surface area (Å²) < 4.78 is 14.9. The van der Waals surface area contributed by atoms with E-state index >= 15 is 0 Å². The zero-order valence-corrected chi connectivity index (χ0v) is 13.0. The first kappa shape index (κ1) is 16.0. The molecule has 0 fully saturated rings. The van der Waals surface area contributed by atoms with Crippen molar-refractivity contribution in [3.05, 3.63) is 64.4 Å². The Labute approximate surface area is 136 Å². The minimum Gasteiger partial charge on any atom is -0.507 e. The van der Waals surface area contributed by atoms with E-state index in [0.717, 1.165) is 6.26 Å². The average Bonchev–Trinajstić information content (AvgIpc) is 2.51. The summed E-state index contributed by atoms with van der Waals surface area (Å²) in [6.45, 7) is 0. The van der Waals surface area contributed by atoms with Gasteiger partial charge in [0.2, 0.25) is 5.78 Å². The van der Waals surface area contributed by atoms with Gasteiger partial charge in [0.05, 0.1) is 17.4 Å². The number of phenolic OH excluding ortho intramolecular Hbond substituents is 2. The van der Waals surface area contributed by atoms with E-state index in [0.29, 0.717) is 5.56 Å². The van der Waals surface area contributed by atoms with Crippen LogP contribution in [-0.4, -0.2) is 26.7 Å². The van der Waals surface area contributed by atoms with E-state index < -0.39 is 25.6 Å². The highest BCUT2D eigenvalue weighted by molar-refractivity contribution is 7.32. The molecule has 1 aliphatic rings. The lowest BCUT2D eigenvalue weighted by atomic mass is 9.82. The molecule has 24 heavy (non-hydrogen) atoms. The Morgan fingerprint density at radius 2 is 1.67 bits per heavy atom. The molecule has 3 rings (SSSR count). The number of aromatic hydroxyl groups is 2. The Kier molecular flexibility index (Phi) is 3.97. The summed E-state index contributed by atoms with van der Waals surface area (Å²) in [5.74, 6) is -1.93. The summed E-state index contributed by atoms with van der Waals surface area (Å²) in [6.07, 6.45) is 2.23. The van der Waals surface area contributed by atoms with Gasteiger partial charge in [0, 0.05) is 11.1 Å². The van der Waals surface area contributed by atoms with Crippen LogP contribution in [0.2, 0.25) is 0 Å². The van der Waals surface area contributed by atoms with Crippen molar-refractivity contribution in [2.45, 2.75) is 0 Å². The minimum atomic E-state index is -3.14. The van der Waals surface area contributed by atoms with Crippen LogP contribution in [0.25, 0.3) is 6.08 Å². The molecule has 1 unspecified atom stereocenters. The zero-order valence-electron chi connectivity index (χ0n) is 12.0. The molecule has 0 spiro atoms. The average molecular weight is 346 g/mol. The number of rotatable bonds is 3. The van der Waals surface area contributed by atoms with Gasteiger partial charge in [-0.05, 0) is 29.8 Å². The van der Waals surface area contributed by atoms with Crippen molar-refractivity contribution in [2.24, 2.45) is 0 Å². The molecule has 122 valence electrons. The highest BCUT2D eigenvalue weighted by atomic mass is 31.1. The van der Waals surface area contributed by atoms with Gasteiger partial charge in [0.25, 0.3) is 0 Å². The molecule has 0 aliphatic heterocycles. The van der Waals surface area contributed by atoms with Crippen molar-refractivity contribution in [3.63, 3.8) is 0 Å². The number of ketones is 2. The fraction of sp³-hybridized carbons (Fsp3) is 0. The van der Waals surface area contributed by atoms with E-state index in [4.69, 9.17) is 4.89 Å². The summed E-state index contributed by atoms with van der Waals surface area (Å²) >= 11 is 0. The second-order valence-corrected chi connectivity index (χ2v) is 5.77. The van der Waals surface area contributed by atoms with E-state index in [1.54, 1.807) is 0 Å². The van der Waals surface area contributed by atoms with Crippen LogP contribution >= 0.6 is 8.25 Å². The monoisotopic (exact) mass is 346 g/mol. The van der Waals surface area contributed by atoms with Gasteiger partial charge in [-0.25, -0.2) is 4.57 Å². The second-order valence-electron chi connectivity index (χ2n) is 5.01. The fourth-order valence-electron chi connectivity index (χ4n) is 2.57. The Bertz CT molecular complexity index is 930. The van der Waals surface area contributed by atoms with Gasteiger partial charge in [-0.2, -0.15) is 0 Å². The normalized spacial score (nSPS) is 14.4. The van der Waals surface area contributed by atoms with Crippen molar-refractivity contribution in [1.29, 1.82) is 0 Å². The summed E-state index contributed by atoms with van der Waals surface area (Å²) in [5.41, 5.74) is -0.00282. The molecule has 7 nitrogen and oxygen atoms in total. The molecular formula is C16H11O7P. The molecule has 0 aromatic heterocycles. The number of fused-ring (bicyclic) bond motifs is 2. The Morgan fingerprint density at radius 3 is 2.38 bits per heavy atom. The Hall–Kier alpha value is -2.89. The predicted molar refractivity (Wildman–Crippen MR) is 84.4 cm³/mol. The second kappa shape index (κ2) is 5.96. The van der Waals surface area contributed by atoms with Crippen molar-refractivity contribution in [3.8, 4) is 11.5 Å². The first-order valence-electron chi connectivity index (χ1n) is 6.74. The van der Waals surface area contributed by atoms with Crippen LogP contribution in [0.15, 0.2) is 36.6 Å². The predicted octanol–water partition coefficient (Wildman–Crippen LogP) is 2.24. The number of carbonyl (C=O) groups is 2. The maximum absolute atomic E-state index is 12.6. The minimum absolute atomic E-state index is 0.0191. The number of benzene rings is 2. The lowest BCUT2D eigenvalue weighted by Gasteiger charge is -2.19. The maximum Gasteiger partial charge on any atom is 0.364 e. The van der Waals surface area contributed by atoms with Gasteiger partial charge in [-0.15, -0.1) is 0 Å². The lowest BCUT2D eigenvalue weighted by molar-refractivity contribution is 0.0974. The lowest BCUT2D eigenvalue weighted by Crippen LogP contribution is -2.21. The van der Waals surface area contributed by atoms with Crippen LogP contribution < -0.4 is 0 Å². The van der Waals surface area contributed by atoms with E-state index in [1.807, 2.05) is 0 Å². The van der Waals surface area contributed by atoms with Gasteiger partial charge in [0.15, 0.2) is 5.78 Å². The van der Waals surface area contributed by atoms with Gasteiger partial charge in [0.1, 0.15) is 11.5 Å². The molecule has 0 amide bonds. The smallest absolute Gasteiger partial charge is 0.364 e. The van der Waals surface area contributed by atoms with Crippen LogP contribution in [0.1, 0.15) is 37.4 Å². The zero-order chi connectivity index (χ0) is 17.4. The van der Waals surface area contributed by atoms with Gasteiger partial charge < -0.3 is 19.6 Å². The van der Waals surface area contributed by atoms with Crippen molar-refractivity contribution < 1.29 is 33.8 Å². The van der Waals surface area contributed by atoms with Gasteiger partial charge >= 0.3 is 8.25 Å². The molecular weight excluding hydrogens is 335 g/mol. The van der Waals surface area contributed by atoms with Gasteiger partial charge in [-0.1, -0.05) is 12.1 Å². The molecule has 2 aromatic rings. The molecule has 2 aromatic carbocycles. The Morgan fingerprint density at radius 1 is 0.958 bits per heavy atom. The number of hydrogen-bond donors (Lipinski definition) is 3. The van der Waals surface area contributed by atoms with Crippen LogP contribution in [0.5, 0.6) is 11.5 Å².